The van der Waals surface area contributed by atoms with Gasteiger partial charge in [-0.25, -0.2) is 0 Å². The predicted octanol–water partition coefficient (Wildman–Crippen LogP) is 5.21. The van der Waals surface area contributed by atoms with Crippen LogP contribution in [0.15, 0.2) is 46.9 Å². The number of rotatable bonds is 6. The first-order valence-electron chi connectivity index (χ1n) is 11.4. The average Bonchev–Trinajstić information content (AvgIpc) is 3.11. The molecule has 33 heavy (non-hydrogen) atoms. The number of piperazine rings is 1. The van der Waals surface area contributed by atoms with Crippen LogP contribution in [0.2, 0.25) is 0 Å². The van der Waals surface area contributed by atoms with Gasteiger partial charge in [-0.3, -0.25) is 4.79 Å². The molecule has 6 heteroatoms. The molecule has 1 aliphatic heterocycles. The quantitative estimate of drug-likeness (QED) is 0.485. The van der Waals surface area contributed by atoms with E-state index in [1.807, 2.05) is 43.9 Å². The van der Waals surface area contributed by atoms with Gasteiger partial charge in [0.25, 0.3) is 0 Å². The van der Waals surface area contributed by atoms with E-state index in [2.05, 4.69) is 30.0 Å². The standard InChI is InChI=1S/C27H32N2O4/c1-6-32-25-17-26-24(19(3)20(4)33-26)16-23(25)18(2)15-27(30)29-13-11-28(12-14-29)21-7-9-22(31-5)10-8-21/h7-10,15-17H,6,11-14H2,1-5H3/b18-15+. The summed E-state index contributed by atoms with van der Waals surface area (Å²) in [5.74, 6) is 2.52. The summed E-state index contributed by atoms with van der Waals surface area (Å²) in [7, 11) is 1.67. The minimum Gasteiger partial charge on any atom is -0.497 e. The highest BCUT2D eigenvalue weighted by molar-refractivity contribution is 5.97. The van der Waals surface area contributed by atoms with Gasteiger partial charge >= 0.3 is 0 Å². The molecule has 2 heterocycles. The average molecular weight is 449 g/mol. The Morgan fingerprint density at radius 3 is 2.42 bits per heavy atom. The Hall–Kier alpha value is -3.41. The smallest absolute Gasteiger partial charge is 0.246 e. The van der Waals surface area contributed by atoms with Crippen molar-refractivity contribution in [1.82, 2.24) is 4.90 Å². The molecule has 0 aliphatic carbocycles. The van der Waals surface area contributed by atoms with Gasteiger partial charge in [-0.2, -0.15) is 0 Å². The van der Waals surface area contributed by atoms with Gasteiger partial charge < -0.3 is 23.7 Å². The molecule has 1 amide bonds. The van der Waals surface area contributed by atoms with E-state index in [9.17, 15) is 4.79 Å². The lowest BCUT2D eigenvalue weighted by atomic mass is 10.0. The van der Waals surface area contributed by atoms with E-state index in [-0.39, 0.29) is 5.91 Å². The van der Waals surface area contributed by atoms with E-state index >= 15 is 0 Å². The largest absolute Gasteiger partial charge is 0.497 e. The van der Waals surface area contributed by atoms with Crippen LogP contribution in [0, 0.1) is 13.8 Å². The number of carbonyl (C=O) groups excluding carboxylic acids is 1. The monoisotopic (exact) mass is 448 g/mol. The highest BCUT2D eigenvalue weighted by atomic mass is 16.5. The molecule has 0 bridgehead atoms. The maximum Gasteiger partial charge on any atom is 0.246 e. The molecule has 2 aromatic carbocycles. The number of allylic oxidation sites excluding steroid dienone is 1. The second-order valence-electron chi connectivity index (χ2n) is 8.40. The molecule has 1 fully saturated rings. The fourth-order valence-electron chi connectivity index (χ4n) is 4.29. The van der Waals surface area contributed by atoms with Gasteiger partial charge in [0.2, 0.25) is 5.91 Å². The Morgan fingerprint density at radius 1 is 1.09 bits per heavy atom. The number of ether oxygens (including phenoxy) is 2. The Kier molecular flexibility index (Phi) is 6.63. The van der Waals surface area contributed by atoms with Gasteiger partial charge in [-0.05, 0) is 69.2 Å². The SMILES string of the molecule is CCOc1cc2oc(C)c(C)c2cc1/C(C)=C/C(=O)N1CCN(c2ccc(OC)cc2)CC1. The second-order valence-corrected chi connectivity index (χ2v) is 8.40. The molecule has 0 unspecified atom stereocenters. The molecule has 1 aliphatic rings. The van der Waals surface area contributed by atoms with Gasteiger partial charge in [0.15, 0.2) is 0 Å². The van der Waals surface area contributed by atoms with Crippen LogP contribution in [0.5, 0.6) is 11.5 Å². The normalized spacial score (nSPS) is 14.6. The number of nitrogens with zero attached hydrogens (tertiary/aromatic N) is 2. The second kappa shape index (κ2) is 9.61. The zero-order valence-corrected chi connectivity index (χ0v) is 20.1. The lowest BCUT2D eigenvalue weighted by molar-refractivity contribution is -0.126. The number of amides is 1. The minimum absolute atomic E-state index is 0.0320. The van der Waals surface area contributed by atoms with Crippen LogP contribution in [0.4, 0.5) is 5.69 Å². The summed E-state index contributed by atoms with van der Waals surface area (Å²) in [4.78, 5) is 17.3. The summed E-state index contributed by atoms with van der Waals surface area (Å²) < 4.78 is 17.0. The van der Waals surface area contributed by atoms with Crippen molar-refractivity contribution < 1.29 is 18.7 Å². The van der Waals surface area contributed by atoms with Crippen LogP contribution in [0.1, 0.15) is 30.7 Å². The van der Waals surface area contributed by atoms with Crippen molar-refractivity contribution in [2.24, 2.45) is 0 Å². The lowest BCUT2D eigenvalue weighted by Gasteiger charge is -2.35. The predicted molar refractivity (Wildman–Crippen MR) is 132 cm³/mol. The number of methoxy groups -OCH3 is 1. The van der Waals surface area contributed by atoms with E-state index in [4.69, 9.17) is 13.9 Å². The summed E-state index contributed by atoms with van der Waals surface area (Å²) in [6, 6.07) is 12.1. The summed E-state index contributed by atoms with van der Waals surface area (Å²) in [6.07, 6.45) is 1.73. The van der Waals surface area contributed by atoms with E-state index in [1.54, 1.807) is 13.2 Å². The molecule has 0 saturated carbocycles. The maximum atomic E-state index is 13.1. The van der Waals surface area contributed by atoms with Crippen LogP contribution < -0.4 is 14.4 Å². The molecule has 174 valence electrons. The van der Waals surface area contributed by atoms with Gasteiger partial charge in [-0.1, -0.05) is 0 Å². The highest BCUT2D eigenvalue weighted by Crippen LogP contribution is 2.35. The molecule has 4 rings (SSSR count). The number of anilines is 1. The topological polar surface area (TPSA) is 55.2 Å². The molecular weight excluding hydrogens is 416 g/mol. The molecule has 0 spiro atoms. The Labute approximate surface area is 195 Å². The van der Waals surface area contributed by atoms with E-state index in [0.717, 1.165) is 63.7 Å². The highest BCUT2D eigenvalue weighted by Gasteiger charge is 2.21. The molecule has 3 aromatic rings. The van der Waals surface area contributed by atoms with Crippen molar-refractivity contribution in [2.45, 2.75) is 27.7 Å². The molecule has 0 atom stereocenters. The summed E-state index contributed by atoms with van der Waals surface area (Å²) in [5.41, 5.74) is 4.89. The van der Waals surface area contributed by atoms with Crippen LogP contribution in [0.3, 0.4) is 0 Å². The third-order valence-corrected chi connectivity index (χ3v) is 6.37. The van der Waals surface area contributed by atoms with Crippen LogP contribution in [-0.4, -0.2) is 50.7 Å². The van der Waals surface area contributed by atoms with Crippen LogP contribution >= 0.6 is 0 Å². The van der Waals surface area contributed by atoms with Gasteiger partial charge in [0.1, 0.15) is 22.8 Å². The lowest BCUT2D eigenvalue weighted by Crippen LogP contribution is -2.48. The summed E-state index contributed by atoms with van der Waals surface area (Å²) >= 11 is 0. The fourth-order valence-corrected chi connectivity index (χ4v) is 4.29. The van der Waals surface area contributed by atoms with Crippen molar-refractivity contribution in [1.29, 1.82) is 0 Å². The number of carbonyl (C=O) groups is 1. The number of fused-ring (bicyclic) bond motifs is 1. The first kappa shape index (κ1) is 22.8. The van der Waals surface area contributed by atoms with Gasteiger partial charge in [0, 0.05) is 55.0 Å². The fraction of sp³-hybridized carbons (Fsp3) is 0.370. The number of hydrogen-bond donors (Lipinski definition) is 0. The number of aryl methyl sites for hydroxylation is 2. The molecule has 1 saturated heterocycles. The third kappa shape index (κ3) is 4.70. The van der Waals surface area contributed by atoms with Crippen molar-refractivity contribution in [3.8, 4) is 11.5 Å². The van der Waals surface area contributed by atoms with Crippen molar-refractivity contribution in [2.75, 3.05) is 44.8 Å². The van der Waals surface area contributed by atoms with Gasteiger partial charge in [-0.15, -0.1) is 0 Å². The minimum atomic E-state index is 0.0320. The van der Waals surface area contributed by atoms with Crippen molar-refractivity contribution in [3.63, 3.8) is 0 Å². The number of hydrogen-bond acceptors (Lipinski definition) is 5. The van der Waals surface area contributed by atoms with E-state index < -0.39 is 0 Å². The zero-order valence-electron chi connectivity index (χ0n) is 20.1. The van der Waals surface area contributed by atoms with Crippen LogP contribution in [0.25, 0.3) is 16.5 Å². The first-order chi connectivity index (χ1) is 15.9. The third-order valence-electron chi connectivity index (χ3n) is 6.37. The number of benzene rings is 2. The van der Waals surface area contributed by atoms with E-state index in [1.165, 1.54) is 0 Å². The van der Waals surface area contributed by atoms with E-state index in [0.29, 0.717) is 19.7 Å². The maximum absolute atomic E-state index is 13.1. The summed E-state index contributed by atoms with van der Waals surface area (Å²) in [6.45, 7) is 11.5. The Balaban J connectivity index is 1.49. The van der Waals surface area contributed by atoms with Crippen molar-refractivity contribution in [3.05, 3.63) is 59.4 Å². The first-order valence-corrected chi connectivity index (χ1v) is 11.4. The molecule has 0 radical (unpaired) electrons. The Morgan fingerprint density at radius 2 is 1.79 bits per heavy atom. The molecule has 6 nitrogen and oxygen atoms in total. The van der Waals surface area contributed by atoms with Gasteiger partial charge in [0.05, 0.1) is 13.7 Å². The van der Waals surface area contributed by atoms with Crippen LogP contribution in [-0.2, 0) is 4.79 Å². The summed E-state index contributed by atoms with van der Waals surface area (Å²) in [5, 5.41) is 1.05. The molecular formula is C27H32N2O4. The molecule has 1 aromatic heterocycles. The Bertz CT molecular complexity index is 1170. The number of furan rings is 1. The molecule has 0 N–H and O–H groups in total. The zero-order chi connectivity index (χ0) is 23.5. The van der Waals surface area contributed by atoms with Crippen molar-refractivity contribution >= 4 is 28.1 Å².